The number of carboxylic acid groups (broad SMARTS) is 1. The maximum Gasteiger partial charge on any atom is 0.332 e. The number of ketones is 1. The Morgan fingerprint density at radius 3 is 2.48 bits per heavy atom. The van der Waals surface area contributed by atoms with E-state index in [1.807, 2.05) is 12.2 Å². The largest absolute Gasteiger partial charge is 0.479 e. The number of aliphatic carboxylic acids is 1. The van der Waals surface area contributed by atoms with E-state index in [1.54, 1.807) is 0 Å². The molecule has 4 atom stereocenters. The predicted molar refractivity (Wildman–Crippen MR) is 120 cm³/mol. The van der Waals surface area contributed by atoms with Crippen LogP contribution in [0.5, 0.6) is 0 Å². The van der Waals surface area contributed by atoms with Crippen LogP contribution in [0.25, 0.3) is 0 Å². The van der Waals surface area contributed by atoms with Gasteiger partial charge in [-0.1, -0.05) is 44.5 Å². The Morgan fingerprint density at radius 2 is 1.90 bits per heavy atom. The molecule has 0 aromatic carbocycles. The van der Waals surface area contributed by atoms with E-state index in [4.69, 9.17) is 33.0 Å². The van der Waals surface area contributed by atoms with E-state index in [0.29, 0.717) is 23.3 Å². The number of carboxylic acids is 1. The summed E-state index contributed by atoms with van der Waals surface area (Å²) in [7, 11) is 1.41. The first-order valence-corrected chi connectivity index (χ1v) is 11.5. The van der Waals surface area contributed by atoms with Gasteiger partial charge in [-0.2, -0.15) is 0 Å². The summed E-state index contributed by atoms with van der Waals surface area (Å²) < 4.78 is 4.94. The van der Waals surface area contributed by atoms with E-state index in [-0.39, 0.29) is 17.1 Å². The SMILES string of the molecule is COC(CCCCC=C1C(=O)C(Cl)=CC1CCC(C)CCC(Cl)C(C)C)C(=O)O. The van der Waals surface area contributed by atoms with Gasteiger partial charge < -0.3 is 9.84 Å². The highest BCUT2D eigenvalue weighted by Crippen LogP contribution is 2.34. The molecular weight excluding hydrogens is 411 g/mol. The second-order valence-corrected chi connectivity index (χ2v) is 9.44. The van der Waals surface area contributed by atoms with Gasteiger partial charge in [0.1, 0.15) is 0 Å². The molecule has 4 nitrogen and oxygen atoms in total. The molecule has 4 unspecified atom stereocenters. The van der Waals surface area contributed by atoms with Crippen molar-refractivity contribution in [1.82, 2.24) is 0 Å². The lowest BCUT2D eigenvalue weighted by molar-refractivity contribution is -0.148. The molecule has 0 fully saturated rings. The number of carbonyl (C=O) groups excluding carboxylic acids is 1. The summed E-state index contributed by atoms with van der Waals surface area (Å²) in [5, 5.41) is 9.53. The first kappa shape index (κ1) is 26.2. The summed E-state index contributed by atoms with van der Waals surface area (Å²) in [4.78, 5) is 23.3. The van der Waals surface area contributed by atoms with Crippen molar-refractivity contribution in [3.8, 4) is 0 Å². The van der Waals surface area contributed by atoms with Crippen LogP contribution in [0.4, 0.5) is 0 Å². The lowest BCUT2D eigenvalue weighted by Crippen LogP contribution is -2.21. The third-order valence-electron chi connectivity index (χ3n) is 5.70. The zero-order chi connectivity index (χ0) is 22.0. The van der Waals surface area contributed by atoms with Gasteiger partial charge in [0, 0.05) is 24.0 Å². The van der Waals surface area contributed by atoms with Crippen LogP contribution in [0.1, 0.15) is 72.1 Å². The van der Waals surface area contributed by atoms with Crippen LogP contribution in [-0.2, 0) is 14.3 Å². The van der Waals surface area contributed by atoms with Crippen LogP contribution in [0.2, 0.25) is 0 Å². The van der Waals surface area contributed by atoms with E-state index < -0.39 is 12.1 Å². The number of Topliss-reactive ketones (excluding diaryl/α,β-unsaturated/α-hetero) is 1. The highest BCUT2D eigenvalue weighted by molar-refractivity contribution is 6.46. The summed E-state index contributed by atoms with van der Waals surface area (Å²) in [6.45, 7) is 6.53. The highest BCUT2D eigenvalue weighted by atomic mass is 35.5. The molecule has 0 spiro atoms. The Kier molecular flexibility index (Phi) is 12.2. The van der Waals surface area contributed by atoms with Gasteiger partial charge in [0.05, 0.1) is 5.03 Å². The predicted octanol–water partition coefficient (Wildman–Crippen LogP) is 6.35. The van der Waals surface area contributed by atoms with E-state index >= 15 is 0 Å². The van der Waals surface area contributed by atoms with Gasteiger partial charge in [0.15, 0.2) is 11.9 Å². The van der Waals surface area contributed by atoms with Gasteiger partial charge in [-0.25, -0.2) is 4.79 Å². The molecular formula is C23H36Cl2O4. The Labute approximate surface area is 185 Å². The monoisotopic (exact) mass is 446 g/mol. The number of alkyl halides is 1. The van der Waals surface area contributed by atoms with Crippen molar-refractivity contribution >= 4 is 35.0 Å². The molecule has 0 aromatic heterocycles. The number of halogens is 2. The van der Waals surface area contributed by atoms with Gasteiger partial charge in [-0.3, -0.25) is 4.79 Å². The van der Waals surface area contributed by atoms with Crippen molar-refractivity contribution in [1.29, 1.82) is 0 Å². The molecule has 1 aliphatic carbocycles. The minimum Gasteiger partial charge on any atom is -0.479 e. The third kappa shape index (κ3) is 9.23. The molecule has 1 N–H and O–H groups in total. The van der Waals surface area contributed by atoms with Crippen LogP contribution >= 0.6 is 23.2 Å². The normalized spacial score (nSPS) is 21.5. The summed E-state index contributed by atoms with van der Waals surface area (Å²) in [6, 6.07) is 0. The zero-order valence-corrected chi connectivity index (χ0v) is 19.6. The van der Waals surface area contributed by atoms with Crippen molar-refractivity contribution in [3.63, 3.8) is 0 Å². The maximum atomic E-state index is 12.4. The number of hydrogen-bond donors (Lipinski definition) is 1. The van der Waals surface area contributed by atoms with Crippen LogP contribution in [0.3, 0.4) is 0 Å². The Morgan fingerprint density at radius 1 is 1.21 bits per heavy atom. The number of hydrogen-bond acceptors (Lipinski definition) is 3. The van der Waals surface area contributed by atoms with Gasteiger partial charge in [-0.15, -0.1) is 11.6 Å². The van der Waals surface area contributed by atoms with Crippen molar-refractivity contribution < 1.29 is 19.4 Å². The molecule has 29 heavy (non-hydrogen) atoms. The van der Waals surface area contributed by atoms with Crippen molar-refractivity contribution in [2.24, 2.45) is 17.8 Å². The average Bonchev–Trinajstić information content (AvgIpc) is 2.94. The van der Waals surface area contributed by atoms with Gasteiger partial charge in [-0.05, 0) is 63.2 Å². The smallest absolute Gasteiger partial charge is 0.332 e. The number of allylic oxidation sites excluding steroid dienone is 4. The molecule has 0 saturated carbocycles. The second kappa shape index (κ2) is 13.5. The quantitative estimate of drug-likeness (QED) is 0.191. The summed E-state index contributed by atoms with van der Waals surface area (Å²) in [5.41, 5.74) is 0.793. The summed E-state index contributed by atoms with van der Waals surface area (Å²) in [5.74, 6) is 0.129. The van der Waals surface area contributed by atoms with Crippen molar-refractivity contribution in [3.05, 3.63) is 22.8 Å². The van der Waals surface area contributed by atoms with Crippen LogP contribution in [-0.4, -0.2) is 35.4 Å². The first-order valence-electron chi connectivity index (χ1n) is 10.7. The molecule has 0 aliphatic heterocycles. The highest BCUT2D eigenvalue weighted by Gasteiger charge is 2.28. The fourth-order valence-corrected chi connectivity index (χ4v) is 3.98. The van der Waals surface area contributed by atoms with E-state index in [9.17, 15) is 9.59 Å². The summed E-state index contributed by atoms with van der Waals surface area (Å²) in [6.07, 6.45) is 9.93. The summed E-state index contributed by atoms with van der Waals surface area (Å²) >= 11 is 12.5. The Balaban J connectivity index is 2.47. The third-order valence-corrected chi connectivity index (χ3v) is 6.72. The minimum atomic E-state index is -0.934. The van der Waals surface area contributed by atoms with Crippen molar-refractivity contribution in [2.75, 3.05) is 7.11 Å². The topological polar surface area (TPSA) is 63.6 Å². The number of ether oxygens (including phenoxy) is 1. The maximum absolute atomic E-state index is 12.4. The standard InChI is InChI=1S/C23H36Cl2O4/c1-15(2)19(24)13-11-16(3)10-12-17-14-20(25)22(26)18(17)8-6-5-7-9-21(29-4)23(27)28/h8,14-17,19,21H,5-7,9-13H2,1-4H3,(H,27,28). The lowest BCUT2D eigenvalue weighted by Gasteiger charge is -2.18. The van der Waals surface area contributed by atoms with E-state index in [2.05, 4.69) is 20.8 Å². The molecule has 0 bridgehead atoms. The molecule has 1 rings (SSSR count). The number of methoxy groups -OCH3 is 1. The van der Waals surface area contributed by atoms with Crippen LogP contribution in [0.15, 0.2) is 22.8 Å². The molecule has 0 saturated heterocycles. The van der Waals surface area contributed by atoms with Gasteiger partial charge >= 0.3 is 5.97 Å². The Hall–Kier alpha value is -0.840. The molecule has 0 aromatic rings. The van der Waals surface area contributed by atoms with E-state index in [1.165, 1.54) is 7.11 Å². The first-order chi connectivity index (χ1) is 13.7. The molecule has 0 amide bonds. The average molecular weight is 447 g/mol. The molecule has 0 heterocycles. The molecule has 0 radical (unpaired) electrons. The Bertz CT molecular complexity index is 598. The second-order valence-electron chi connectivity index (χ2n) is 8.48. The molecule has 6 heteroatoms. The lowest BCUT2D eigenvalue weighted by atomic mass is 9.89. The number of unbranched alkanes of at least 4 members (excludes halogenated alkanes) is 2. The van der Waals surface area contributed by atoms with Crippen LogP contribution < -0.4 is 0 Å². The molecule has 1 aliphatic rings. The van der Waals surface area contributed by atoms with Crippen LogP contribution in [0, 0.1) is 17.8 Å². The zero-order valence-electron chi connectivity index (χ0n) is 18.1. The van der Waals surface area contributed by atoms with Gasteiger partial charge in [0.25, 0.3) is 0 Å². The number of carbonyl (C=O) groups is 2. The van der Waals surface area contributed by atoms with Gasteiger partial charge in [0.2, 0.25) is 0 Å². The fourth-order valence-electron chi connectivity index (χ4n) is 3.59. The number of rotatable bonds is 14. The fraction of sp³-hybridized carbons (Fsp3) is 0.739. The molecule has 166 valence electrons. The van der Waals surface area contributed by atoms with E-state index in [0.717, 1.165) is 50.5 Å². The minimum absolute atomic E-state index is 0.0646. The van der Waals surface area contributed by atoms with Crippen molar-refractivity contribution in [2.45, 2.75) is 83.6 Å².